The number of rotatable bonds is 5. The van der Waals surface area contributed by atoms with Gasteiger partial charge in [-0.2, -0.15) is 5.26 Å². The Morgan fingerprint density at radius 3 is 2.67 bits per heavy atom. The molecule has 0 N–H and O–H groups in total. The molecule has 0 fully saturated rings. The molecule has 0 radical (unpaired) electrons. The first-order valence-electron chi connectivity index (χ1n) is 4.27. The van der Waals surface area contributed by atoms with E-state index >= 15 is 0 Å². The van der Waals surface area contributed by atoms with Crippen LogP contribution in [0.3, 0.4) is 0 Å². The average molecular weight is 169 g/mol. The molecule has 0 spiro atoms. The van der Waals surface area contributed by atoms with Gasteiger partial charge in [0.2, 0.25) is 0 Å². The fraction of sp³-hybridized carbons (Fsp3) is 0.778. The standard InChI is InChI=1S/C9H15NO2/c1-3-4-5-6-9(7-10)12-8(2)11/h9H,3-6H2,1-2H3/t9-/m1/s1. The maximum atomic E-state index is 10.5. The Labute approximate surface area is 73.3 Å². The highest BCUT2D eigenvalue weighted by Gasteiger charge is 2.08. The smallest absolute Gasteiger partial charge is 0.303 e. The predicted octanol–water partition coefficient (Wildman–Crippen LogP) is 2.02. The third-order valence-electron chi connectivity index (χ3n) is 1.52. The van der Waals surface area contributed by atoms with Gasteiger partial charge in [0, 0.05) is 6.92 Å². The normalized spacial score (nSPS) is 11.8. The van der Waals surface area contributed by atoms with Crippen LogP contribution in [0, 0.1) is 11.3 Å². The lowest BCUT2D eigenvalue weighted by Gasteiger charge is -2.07. The third kappa shape index (κ3) is 5.72. The van der Waals surface area contributed by atoms with Crippen LogP contribution in [0.2, 0.25) is 0 Å². The summed E-state index contributed by atoms with van der Waals surface area (Å²) in [6.07, 6.45) is 3.25. The number of unbranched alkanes of at least 4 members (excludes halogenated alkanes) is 2. The monoisotopic (exact) mass is 169 g/mol. The van der Waals surface area contributed by atoms with Gasteiger partial charge in [0.15, 0.2) is 6.10 Å². The number of nitrogens with zero attached hydrogens (tertiary/aromatic N) is 1. The van der Waals surface area contributed by atoms with Crippen LogP contribution in [0.15, 0.2) is 0 Å². The largest absolute Gasteiger partial charge is 0.447 e. The summed E-state index contributed by atoms with van der Waals surface area (Å²) in [5, 5.41) is 8.55. The molecule has 0 aliphatic carbocycles. The van der Waals surface area contributed by atoms with Crippen molar-refractivity contribution in [3.05, 3.63) is 0 Å². The minimum atomic E-state index is -0.547. The molecule has 12 heavy (non-hydrogen) atoms. The number of carbonyl (C=O) groups is 1. The Hall–Kier alpha value is -1.04. The van der Waals surface area contributed by atoms with Crippen LogP contribution in [0.5, 0.6) is 0 Å². The molecule has 0 aromatic rings. The molecule has 0 saturated heterocycles. The van der Waals surface area contributed by atoms with E-state index in [-0.39, 0.29) is 5.97 Å². The summed E-state index contributed by atoms with van der Waals surface area (Å²) >= 11 is 0. The van der Waals surface area contributed by atoms with Gasteiger partial charge in [-0.25, -0.2) is 0 Å². The molecule has 0 aliphatic heterocycles. The van der Waals surface area contributed by atoms with Crippen LogP contribution in [0.4, 0.5) is 0 Å². The van der Waals surface area contributed by atoms with Crippen molar-refractivity contribution in [2.45, 2.75) is 45.6 Å². The van der Waals surface area contributed by atoms with Crippen LogP contribution in [-0.2, 0) is 9.53 Å². The van der Waals surface area contributed by atoms with Crippen molar-refractivity contribution >= 4 is 5.97 Å². The molecule has 0 bridgehead atoms. The van der Waals surface area contributed by atoms with Gasteiger partial charge in [0.05, 0.1) is 0 Å². The predicted molar refractivity (Wildman–Crippen MR) is 45.3 cm³/mol. The molecule has 1 atom stereocenters. The summed E-state index contributed by atoms with van der Waals surface area (Å²) < 4.78 is 4.75. The zero-order valence-electron chi connectivity index (χ0n) is 7.67. The van der Waals surface area contributed by atoms with Gasteiger partial charge in [-0.3, -0.25) is 4.79 Å². The molecule has 0 aromatic heterocycles. The van der Waals surface area contributed by atoms with Crippen molar-refractivity contribution in [1.29, 1.82) is 5.26 Å². The summed E-state index contributed by atoms with van der Waals surface area (Å²) in [5.41, 5.74) is 0. The van der Waals surface area contributed by atoms with Crippen molar-refractivity contribution in [1.82, 2.24) is 0 Å². The van der Waals surface area contributed by atoms with Gasteiger partial charge >= 0.3 is 5.97 Å². The van der Waals surface area contributed by atoms with Crippen LogP contribution < -0.4 is 0 Å². The summed E-state index contributed by atoms with van der Waals surface area (Å²) in [7, 11) is 0. The Morgan fingerprint density at radius 1 is 1.58 bits per heavy atom. The first-order chi connectivity index (χ1) is 5.70. The number of nitriles is 1. The summed E-state index contributed by atoms with van der Waals surface area (Å²) in [6.45, 7) is 3.41. The van der Waals surface area contributed by atoms with E-state index in [0.29, 0.717) is 6.42 Å². The van der Waals surface area contributed by atoms with Crippen molar-refractivity contribution < 1.29 is 9.53 Å². The molecule has 0 heterocycles. The molecule has 3 nitrogen and oxygen atoms in total. The maximum Gasteiger partial charge on any atom is 0.303 e. The van der Waals surface area contributed by atoms with Crippen molar-refractivity contribution in [3.8, 4) is 6.07 Å². The van der Waals surface area contributed by atoms with Crippen LogP contribution >= 0.6 is 0 Å². The van der Waals surface area contributed by atoms with Gasteiger partial charge in [0.25, 0.3) is 0 Å². The second-order valence-electron chi connectivity index (χ2n) is 2.72. The van der Waals surface area contributed by atoms with Crippen molar-refractivity contribution in [3.63, 3.8) is 0 Å². The molecule has 0 unspecified atom stereocenters. The Kier molecular flexibility index (Phi) is 6.08. The zero-order chi connectivity index (χ0) is 9.40. The molecule has 0 aromatic carbocycles. The Morgan fingerprint density at radius 2 is 2.25 bits per heavy atom. The number of carbonyl (C=O) groups excluding carboxylic acids is 1. The van der Waals surface area contributed by atoms with Crippen molar-refractivity contribution in [2.24, 2.45) is 0 Å². The second kappa shape index (κ2) is 6.66. The van der Waals surface area contributed by atoms with Crippen LogP contribution in [-0.4, -0.2) is 12.1 Å². The lowest BCUT2D eigenvalue weighted by Crippen LogP contribution is -2.13. The minimum Gasteiger partial charge on any atom is -0.447 e. The molecular formula is C9H15NO2. The number of ether oxygens (including phenoxy) is 1. The molecule has 68 valence electrons. The van der Waals surface area contributed by atoms with E-state index in [1.807, 2.05) is 6.07 Å². The maximum absolute atomic E-state index is 10.5. The molecule has 0 aliphatic rings. The first-order valence-corrected chi connectivity index (χ1v) is 4.27. The van der Waals surface area contributed by atoms with Crippen molar-refractivity contribution in [2.75, 3.05) is 0 Å². The number of hydrogen-bond acceptors (Lipinski definition) is 3. The number of esters is 1. The quantitative estimate of drug-likeness (QED) is 0.467. The molecular weight excluding hydrogens is 154 g/mol. The van der Waals surface area contributed by atoms with Crippen LogP contribution in [0.1, 0.15) is 39.5 Å². The lowest BCUT2D eigenvalue weighted by molar-refractivity contribution is -0.144. The topological polar surface area (TPSA) is 50.1 Å². The first kappa shape index (κ1) is 11.0. The van der Waals surface area contributed by atoms with E-state index in [1.54, 1.807) is 0 Å². The van der Waals surface area contributed by atoms with E-state index in [4.69, 9.17) is 10.00 Å². The summed E-state index contributed by atoms with van der Waals surface area (Å²) in [4.78, 5) is 10.5. The molecule has 0 saturated carbocycles. The highest BCUT2D eigenvalue weighted by molar-refractivity contribution is 5.66. The fourth-order valence-electron chi connectivity index (χ4n) is 0.930. The van der Waals surface area contributed by atoms with Gasteiger partial charge in [-0.1, -0.05) is 19.8 Å². The average Bonchev–Trinajstić information content (AvgIpc) is 2.02. The molecule has 0 amide bonds. The highest BCUT2D eigenvalue weighted by Crippen LogP contribution is 2.05. The highest BCUT2D eigenvalue weighted by atomic mass is 16.5. The lowest BCUT2D eigenvalue weighted by atomic mass is 10.1. The summed E-state index contributed by atoms with van der Waals surface area (Å²) in [5.74, 6) is -0.377. The van der Waals surface area contributed by atoms with E-state index in [1.165, 1.54) is 6.92 Å². The van der Waals surface area contributed by atoms with Gasteiger partial charge in [-0.05, 0) is 12.8 Å². The Bertz CT molecular complexity index is 172. The fourth-order valence-corrected chi connectivity index (χ4v) is 0.930. The van der Waals surface area contributed by atoms with Gasteiger partial charge in [0.1, 0.15) is 6.07 Å². The van der Waals surface area contributed by atoms with Crippen LogP contribution in [0.25, 0.3) is 0 Å². The zero-order valence-corrected chi connectivity index (χ0v) is 7.67. The van der Waals surface area contributed by atoms with E-state index in [0.717, 1.165) is 19.3 Å². The number of hydrogen-bond donors (Lipinski definition) is 0. The minimum absolute atomic E-state index is 0.377. The van der Waals surface area contributed by atoms with E-state index in [9.17, 15) is 4.79 Å². The van der Waals surface area contributed by atoms with E-state index < -0.39 is 6.10 Å². The summed E-state index contributed by atoms with van der Waals surface area (Å²) in [6, 6.07) is 1.95. The molecule has 0 rings (SSSR count). The third-order valence-corrected chi connectivity index (χ3v) is 1.52. The second-order valence-corrected chi connectivity index (χ2v) is 2.72. The Balaban J connectivity index is 3.55. The van der Waals surface area contributed by atoms with Gasteiger partial charge < -0.3 is 4.74 Å². The SMILES string of the molecule is CCCCC[C@H](C#N)OC(C)=O. The van der Waals surface area contributed by atoms with Gasteiger partial charge in [-0.15, -0.1) is 0 Å². The molecule has 3 heteroatoms. The van der Waals surface area contributed by atoms with E-state index in [2.05, 4.69) is 6.92 Å².